The lowest BCUT2D eigenvalue weighted by Gasteiger charge is -2.19. The lowest BCUT2D eigenvalue weighted by Crippen LogP contribution is -2.29. The summed E-state index contributed by atoms with van der Waals surface area (Å²) in [6.45, 7) is 10.7. The van der Waals surface area contributed by atoms with Crippen molar-refractivity contribution in [1.29, 1.82) is 0 Å². The highest BCUT2D eigenvalue weighted by Crippen LogP contribution is 2.21. The van der Waals surface area contributed by atoms with Crippen LogP contribution in [0.4, 0.5) is 0 Å². The number of amides is 1. The Labute approximate surface area is 143 Å². The molecule has 0 bridgehead atoms. The number of unbranched alkanes of at least 4 members (excludes halogenated alkanes) is 1. The number of para-hydroxylation sites is 1. The summed E-state index contributed by atoms with van der Waals surface area (Å²) in [5.41, 5.74) is 7.54. The molecule has 0 saturated carbocycles. The van der Waals surface area contributed by atoms with Gasteiger partial charge in [-0.3, -0.25) is 9.48 Å². The molecule has 1 amide bonds. The number of hydrogen-bond acceptors (Lipinski definition) is 3. The van der Waals surface area contributed by atoms with Crippen LogP contribution in [-0.4, -0.2) is 27.9 Å². The monoisotopic (exact) mass is 326 g/mol. The number of fused-ring (bicyclic) bond motifs is 1. The van der Waals surface area contributed by atoms with Gasteiger partial charge in [0.25, 0.3) is 5.91 Å². The third-order valence-electron chi connectivity index (χ3n) is 3.93. The molecule has 0 atom stereocenters. The molecule has 2 N–H and O–H groups in total. The number of nitrogens with zero attached hydrogens (tertiary/aromatic N) is 3. The molecule has 0 aliphatic rings. The molecular formula is C19H26N4O. The van der Waals surface area contributed by atoms with Crippen LogP contribution >= 0.6 is 0 Å². The number of aryl methyl sites for hydroxylation is 1. The first-order valence-electron chi connectivity index (χ1n) is 8.27. The van der Waals surface area contributed by atoms with Crippen LogP contribution in [0.25, 0.3) is 10.9 Å². The van der Waals surface area contributed by atoms with Crippen molar-refractivity contribution >= 4 is 22.5 Å². The maximum absolute atomic E-state index is 12.7. The summed E-state index contributed by atoms with van der Waals surface area (Å²) in [4.78, 5) is 16.9. The molecule has 0 saturated heterocycles. The quantitative estimate of drug-likeness (QED) is 0.501. The van der Waals surface area contributed by atoms with Crippen LogP contribution in [0.1, 0.15) is 44.1 Å². The van der Waals surface area contributed by atoms with E-state index in [-0.39, 0.29) is 17.9 Å². The van der Waals surface area contributed by atoms with Crippen molar-refractivity contribution in [3.05, 3.63) is 42.6 Å². The largest absolute Gasteiger partial charge is 0.325 e. The minimum Gasteiger partial charge on any atom is -0.325 e. The van der Waals surface area contributed by atoms with Crippen molar-refractivity contribution in [1.82, 2.24) is 9.78 Å². The van der Waals surface area contributed by atoms with Gasteiger partial charge in [-0.1, -0.05) is 45.0 Å². The summed E-state index contributed by atoms with van der Waals surface area (Å²) >= 11 is 0. The van der Waals surface area contributed by atoms with Crippen LogP contribution in [0, 0.1) is 5.41 Å². The Balaban J connectivity index is 2.43. The van der Waals surface area contributed by atoms with Crippen molar-refractivity contribution in [2.45, 2.75) is 40.2 Å². The second-order valence-corrected chi connectivity index (χ2v) is 6.84. The minimum absolute atomic E-state index is 0.243. The van der Waals surface area contributed by atoms with E-state index in [1.807, 2.05) is 55.8 Å². The second-order valence-electron chi connectivity index (χ2n) is 6.84. The first-order valence-corrected chi connectivity index (χ1v) is 8.27. The number of carbonyl (C=O) groups excluding carboxylic acids is 1. The van der Waals surface area contributed by atoms with Crippen molar-refractivity contribution in [2.75, 3.05) is 6.54 Å². The van der Waals surface area contributed by atoms with Crippen molar-refractivity contribution in [2.24, 2.45) is 16.1 Å². The third kappa shape index (κ3) is 3.97. The molecule has 0 fully saturated rings. The van der Waals surface area contributed by atoms with E-state index < -0.39 is 0 Å². The molecule has 1 aromatic heterocycles. The lowest BCUT2D eigenvalue weighted by atomic mass is 9.90. The number of hydrogen-bond donors (Lipinski definition) is 1. The lowest BCUT2D eigenvalue weighted by molar-refractivity contribution is 0.0997. The number of aliphatic imine (C=N–C) groups is 1. The van der Waals surface area contributed by atoms with E-state index in [1.165, 1.54) is 0 Å². The zero-order valence-electron chi connectivity index (χ0n) is 14.7. The highest BCUT2D eigenvalue weighted by Gasteiger charge is 2.22. The Morgan fingerprint density at radius 2 is 2.08 bits per heavy atom. The fraction of sp³-hybridized carbons (Fsp3) is 0.421. The van der Waals surface area contributed by atoms with Gasteiger partial charge in [-0.25, -0.2) is 4.99 Å². The van der Waals surface area contributed by atoms with Crippen molar-refractivity contribution in [3.63, 3.8) is 0 Å². The highest BCUT2D eigenvalue weighted by molar-refractivity contribution is 6.11. The summed E-state index contributed by atoms with van der Waals surface area (Å²) in [6.07, 6.45) is 3.73. The Hall–Kier alpha value is -2.27. The van der Waals surface area contributed by atoms with Gasteiger partial charge in [0, 0.05) is 29.6 Å². The molecule has 1 heterocycles. The molecule has 1 aromatic carbocycles. The maximum atomic E-state index is 12.7. The molecule has 24 heavy (non-hydrogen) atoms. The summed E-state index contributed by atoms with van der Waals surface area (Å²) < 4.78 is 1.88. The molecule has 0 aliphatic carbocycles. The number of carbonyl (C=O) groups is 1. The van der Waals surface area contributed by atoms with Gasteiger partial charge >= 0.3 is 0 Å². The van der Waals surface area contributed by atoms with Gasteiger partial charge in [-0.05, 0) is 18.9 Å². The molecule has 0 aliphatic heterocycles. The molecule has 0 unspecified atom stereocenters. The van der Waals surface area contributed by atoms with E-state index in [2.05, 4.69) is 16.7 Å². The molecule has 0 spiro atoms. The smallest absolute Gasteiger partial charge is 0.298 e. The normalized spacial score (nSPS) is 12.6. The highest BCUT2D eigenvalue weighted by atomic mass is 16.1. The third-order valence-corrected chi connectivity index (χ3v) is 3.93. The van der Waals surface area contributed by atoms with Crippen LogP contribution in [0.15, 0.2) is 41.9 Å². The minimum atomic E-state index is -0.330. The van der Waals surface area contributed by atoms with Gasteiger partial charge in [0.15, 0.2) is 5.69 Å². The van der Waals surface area contributed by atoms with Crippen molar-refractivity contribution in [3.8, 4) is 0 Å². The van der Waals surface area contributed by atoms with E-state index in [0.29, 0.717) is 11.4 Å². The summed E-state index contributed by atoms with van der Waals surface area (Å²) in [5.74, 6) is -0.330. The number of allylic oxidation sites excluding steroid dienone is 1. The summed E-state index contributed by atoms with van der Waals surface area (Å²) in [5, 5.41) is 5.34. The van der Waals surface area contributed by atoms with Gasteiger partial charge < -0.3 is 5.73 Å². The van der Waals surface area contributed by atoms with Crippen LogP contribution < -0.4 is 5.73 Å². The molecule has 0 radical (unpaired) electrons. The topological polar surface area (TPSA) is 73.3 Å². The Bertz CT molecular complexity index is 765. The van der Waals surface area contributed by atoms with Gasteiger partial charge in [0.05, 0.1) is 5.52 Å². The molecule has 2 aromatic rings. The second kappa shape index (κ2) is 7.53. The van der Waals surface area contributed by atoms with E-state index in [1.54, 1.807) is 0 Å². The van der Waals surface area contributed by atoms with Gasteiger partial charge in [0.1, 0.15) is 0 Å². The zero-order valence-corrected chi connectivity index (χ0v) is 14.7. The van der Waals surface area contributed by atoms with E-state index >= 15 is 0 Å². The summed E-state index contributed by atoms with van der Waals surface area (Å²) in [6, 6.07) is 7.75. The Morgan fingerprint density at radius 3 is 2.71 bits per heavy atom. The number of aromatic nitrogens is 2. The molecule has 128 valence electrons. The zero-order chi connectivity index (χ0) is 17.7. The predicted molar refractivity (Wildman–Crippen MR) is 99.4 cm³/mol. The van der Waals surface area contributed by atoms with E-state index in [4.69, 9.17) is 5.73 Å². The van der Waals surface area contributed by atoms with Crippen LogP contribution in [0.2, 0.25) is 0 Å². The van der Waals surface area contributed by atoms with Crippen LogP contribution in [-0.2, 0) is 6.54 Å². The molecular weight excluding hydrogens is 300 g/mol. The maximum Gasteiger partial charge on any atom is 0.298 e. The Kier molecular flexibility index (Phi) is 5.67. The molecule has 5 nitrogen and oxygen atoms in total. The van der Waals surface area contributed by atoms with Gasteiger partial charge in [-0.2, -0.15) is 5.10 Å². The number of benzene rings is 1. The number of nitrogens with two attached hydrogens (primary N) is 1. The first kappa shape index (κ1) is 18.1. The predicted octanol–water partition coefficient (Wildman–Crippen LogP) is 3.59. The van der Waals surface area contributed by atoms with Gasteiger partial charge in [-0.15, -0.1) is 6.58 Å². The first-order chi connectivity index (χ1) is 11.4. The average Bonchev–Trinajstić information content (AvgIpc) is 2.91. The van der Waals surface area contributed by atoms with Gasteiger partial charge in [0.2, 0.25) is 0 Å². The van der Waals surface area contributed by atoms with E-state index in [0.717, 1.165) is 30.3 Å². The molecule has 5 heteroatoms. The number of rotatable bonds is 6. The average molecular weight is 326 g/mol. The van der Waals surface area contributed by atoms with Crippen LogP contribution in [0.5, 0.6) is 0 Å². The van der Waals surface area contributed by atoms with E-state index in [9.17, 15) is 4.79 Å². The van der Waals surface area contributed by atoms with Crippen molar-refractivity contribution < 1.29 is 4.79 Å². The fourth-order valence-corrected chi connectivity index (χ4v) is 2.54. The van der Waals surface area contributed by atoms with Crippen LogP contribution in [0.3, 0.4) is 0 Å². The Morgan fingerprint density at radius 1 is 1.38 bits per heavy atom. The SMILES string of the molecule is C=CCCCn1nc(C(=O)N=C(CN)C(C)(C)C)c2ccccc21. The standard InChI is InChI=1S/C19H26N4O/c1-5-6-9-12-23-15-11-8-7-10-14(15)17(22-23)18(24)21-16(13-20)19(2,3)4/h5,7-8,10-11H,1,6,9,12-13,20H2,2-4H3. The summed E-state index contributed by atoms with van der Waals surface area (Å²) in [7, 11) is 0. The molecule has 2 rings (SSSR count). The fourth-order valence-electron chi connectivity index (χ4n) is 2.54.